The van der Waals surface area contributed by atoms with Crippen LogP contribution in [0, 0.1) is 0 Å². The summed E-state index contributed by atoms with van der Waals surface area (Å²) in [5.41, 5.74) is 28.1. The zero-order valence-corrected chi connectivity index (χ0v) is 47.8. The Bertz CT molecular complexity index is 3870. The molecule has 1 aliphatic carbocycles. The summed E-state index contributed by atoms with van der Waals surface area (Å²) in [4.78, 5) is 7.79. The quantitative estimate of drug-likeness (QED) is 0.147. The topological polar surface area (TPSA) is 9.72 Å². The molecule has 0 atom stereocenters. The molecule has 0 spiro atoms. The summed E-state index contributed by atoms with van der Waals surface area (Å²) in [5, 5.41) is 0. The fourth-order valence-electron chi connectivity index (χ4n) is 12.9. The van der Waals surface area contributed by atoms with Gasteiger partial charge in [-0.25, -0.2) is 0 Å². The smallest absolute Gasteiger partial charge is 0.333 e. The Kier molecular flexibility index (Phi) is 11.7. The third kappa shape index (κ3) is 8.42. The van der Waals surface area contributed by atoms with E-state index in [1.165, 1.54) is 106 Å². The van der Waals surface area contributed by atoms with Crippen LogP contribution >= 0.6 is 0 Å². The Labute approximate surface area is 470 Å². The van der Waals surface area contributed by atoms with Gasteiger partial charge in [-0.15, -0.1) is 0 Å². The summed E-state index contributed by atoms with van der Waals surface area (Å²) in [5.74, 6) is 0. The zero-order chi connectivity index (χ0) is 54.8. The van der Waals surface area contributed by atoms with Crippen molar-refractivity contribution in [3.63, 3.8) is 0 Å². The predicted octanol–water partition coefficient (Wildman–Crippen LogP) is 19.4. The molecule has 4 heteroatoms. The summed E-state index contributed by atoms with van der Waals surface area (Å²) in [6, 6.07) is 85.2. The molecule has 388 valence electrons. The van der Waals surface area contributed by atoms with Crippen molar-refractivity contribution in [3.05, 3.63) is 252 Å². The van der Waals surface area contributed by atoms with Crippen molar-refractivity contribution in [1.29, 1.82) is 0 Å². The first-order valence-electron chi connectivity index (χ1n) is 28.4. The van der Waals surface area contributed by atoms with E-state index >= 15 is 0 Å². The molecule has 0 aromatic heterocycles. The van der Waals surface area contributed by atoms with Gasteiger partial charge in [0.05, 0.1) is 0 Å². The predicted molar refractivity (Wildman–Crippen MR) is 339 cm³/mol. The van der Waals surface area contributed by atoms with E-state index in [9.17, 15) is 0 Å². The van der Waals surface area contributed by atoms with Crippen LogP contribution in [0.25, 0.3) is 44.5 Å². The van der Waals surface area contributed by atoms with Gasteiger partial charge in [-0.05, 0) is 167 Å². The number of anilines is 8. The van der Waals surface area contributed by atoms with Gasteiger partial charge in [0, 0.05) is 56.5 Å². The maximum Gasteiger partial charge on any atom is 0.333 e. The Morgan fingerprint density at radius 2 is 0.848 bits per heavy atom. The van der Waals surface area contributed by atoms with E-state index in [4.69, 9.17) is 0 Å². The van der Waals surface area contributed by atoms with Gasteiger partial charge in [0.1, 0.15) is 0 Å². The van der Waals surface area contributed by atoms with E-state index in [1.54, 1.807) is 0 Å². The molecule has 3 aliphatic rings. The number of nitrogens with zero attached hydrogens (tertiary/aromatic N) is 3. The standard InChI is InChI=1S/C75H70BN3/c1-72(2,3)53-30-39-58(40-31-53)78-66-44-34-55(74(7,8)9)46-65(66)76-71-62(70-67(79(76)59-41-32-54(33-42-59)73(4,5)6)45-43-64-69(70)61-24-18-19-25-63(61)75(64,10)11)47-60(48-68(71)78)77(56-35-26-51(27-36-56)49-20-14-12-15-21-49)57-37-28-52(29-38-57)50-22-16-13-17-23-50/h12-48H,1-11H3. The highest BCUT2D eigenvalue weighted by Crippen LogP contribution is 2.58. The first-order valence-corrected chi connectivity index (χ1v) is 28.4. The highest BCUT2D eigenvalue weighted by molar-refractivity contribution is 6.93. The van der Waals surface area contributed by atoms with Gasteiger partial charge in [-0.1, -0.05) is 228 Å². The first-order chi connectivity index (χ1) is 37.8. The van der Waals surface area contributed by atoms with E-state index in [0.717, 1.165) is 22.7 Å². The molecule has 0 bridgehead atoms. The van der Waals surface area contributed by atoms with Crippen molar-refractivity contribution in [2.24, 2.45) is 0 Å². The minimum atomic E-state index is -0.212. The average molecular weight is 1020 g/mol. The summed E-state index contributed by atoms with van der Waals surface area (Å²) < 4.78 is 0. The molecule has 0 saturated heterocycles. The Morgan fingerprint density at radius 1 is 0.367 bits per heavy atom. The third-order valence-electron chi connectivity index (χ3n) is 17.3. The van der Waals surface area contributed by atoms with Crippen LogP contribution in [0.5, 0.6) is 0 Å². The molecule has 2 heterocycles. The molecule has 79 heavy (non-hydrogen) atoms. The van der Waals surface area contributed by atoms with Crippen molar-refractivity contribution in [3.8, 4) is 44.5 Å². The lowest BCUT2D eigenvalue weighted by atomic mass is 9.43. The van der Waals surface area contributed by atoms with Crippen LogP contribution < -0.4 is 25.5 Å². The van der Waals surface area contributed by atoms with Gasteiger partial charge in [0.15, 0.2) is 0 Å². The van der Waals surface area contributed by atoms with Crippen LogP contribution in [0.1, 0.15) is 104 Å². The normalized spacial score (nSPS) is 14.0. The summed E-state index contributed by atoms with van der Waals surface area (Å²) in [6.45, 7) is 25.6. The van der Waals surface area contributed by atoms with Crippen LogP contribution in [0.15, 0.2) is 224 Å². The highest BCUT2D eigenvalue weighted by Gasteiger charge is 2.49. The molecule has 0 fully saturated rings. The lowest BCUT2D eigenvalue weighted by Crippen LogP contribution is -2.61. The fraction of sp³-hybridized carbons (Fsp3) is 0.200. The maximum absolute atomic E-state index is 2.70. The third-order valence-corrected chi connectivity index (χ3v) is 17.3. The number of hydrogen-bond donors (Lipinski definition) is 0. The highest BCUT2D eigenvalue weighted by atomic mass is 15.2. The van der Waals surface area contributed by atoms with Gasteiger partial charge in [-0.2, -0.15) is 0 Å². The van der Waals surface area contributed by atoms with E-state index in [2.05, 4.69) is 315 Å². The molecule has 10 aromatic rings. The summed E-state index contributed by atoms with van der Waals surface area (Å²) >= 11 is 0. The molecule has 0 N–H and O–H groups in total. The van der Waals surface area contributed by atoms with Crippen molar-refractivity contribution >= 4 is 63.3 Å². The van der Waals surface area contributed by atoms with E-state index in [-0.39, 0.29) is 28.5 Å². The second kappa shape index (κ2) is 18.4. The van der Waals surface area contributed by atoms with Gasteiger partial charge in [0.2, 0.25) is 0 Å². The van der Waals surface area contributed by atoms with E-state index < -0.39 is 0 Å². The Balaban J connectivity index is 1.15. The number of hydrogen-bond acceptors (Lipinski definition) is 3. The second-order valence-corrected chi connectivity index (χ2v) is 25.9. The monoisotopic (exact) mass is 1020 g/mol. The van der Waals surface area contributed by atoms with Crippen LogP contribution in [0.4, 0.5) is 45.5 Å². The number of rotatable bonds is 7. The molecule has 2 aliphatic heterocycles. The van der Waals surface area contributed by atoms with Crippen molar-refractivity contribution in [1.82, 2.24) is 0 Å². The van der Waals surface area contributed by atoms with Crippen molar-refractivity contribution in [2.75, 3.05) is 14.6 Å². The van der Waals surface area contributed by atoms with Crippen LogP contribution in [-0.4, -0.2) is 6.85 Å². The lowest BCUT2D eigenvalue weighted by molar-refractivity contribution is 0.590. The maximum atomic E-state index is 2.70. The summed E-state index contributed by atoms with van der Waals surface area (Å²) in [6.07, 6.45) is 0. The Morgan fingerprint density at radius 3 is 1.39 bits per heavy atom. The molecule has 0 radical (unpaired) electrons. The summed E-state index contributed by atoms with van der Waals surface area (Å²) in [7, 11) is 0. The van der Waals surface area contributed by atoms with Gasteiger partial charge in [-0.3, -0.25) is 0 Å². The molecule has 13 rings (SSSR count). The molecule has 0 unspecified atom stereocenters. The minimum absolute atomic E-state index is 0.00230. The minimum Gasteiger partial charge on any atom is -0.376 e. The van der Waals surface area contributed by atoms with Crippen LogP contribution in [0.2, 0.25) is 0 Å². The number of fused-ring (bicyclic) bond motifs is 8. The van der Waals surface area contributed by atoms with E-state index in [1.807, 2.05) is 0 Å². The van der Waals surface area contributed by atoms with Crippen LogP contribution in [0.3, 0.4) is 0 Å². The Hall–Kier alpha value is -8.34. The molecular weight excluding hydrogens is 954 g/mol. The molecule has 0 saturated carbocycles. The fourth-order valence-corrected chi connectivity index (χ4v) is 12.9. The van der Waals surface area contributed by atoms with Crippen molar-refractivity contribution < 1.29 is 0 Å². The lowest BCUT2D eigenvalue weighted by Gasteiger charge is -2.47. The van der Waals surface area contributed by atoms with Crippen molar-refractivity contribution in [2.45, 2.75) is 97.8 Å². The van der Waals surface area contributed by atoms with Gasteiger partial charge in [0.25, 0.3) is 0 Å². The molecular formula is C75H70BN3. The first kappa shape index (κ1) is 50.2. The zero-order valence-electron chi connectivity index (χ0n) is 47.8. The molecule has 3 nitrogen and oxygen atoms in total. The number of benzene rings is 10. The second-order valence-electron chi connectivity index (χ2n) is 25.9. The molecule has 0 amide bonds. The molecule has 10 aromatic carbocycles. The largest absolute Gasteiger partial charge is 0.376 e. The van der Waals surface area contributed by atoms with E-state index in [0.29, 0.717) is 0 Å². The van der Waals surface area contributed by atoms with Gasteiger partial charge < -0.3 is 14.6 Å². The van der Waals surface area contributed by atoms with Gasteiger partial charge >= 0.3 is 6.85 Å². The average Bonchev–Trinajstić information content (AvgIpc) is 3.49. The SMILES string of the molecule is CC(C)(C)c1ccc(N2B3c4cc(C(C)(C)C)ccc4N(c4ccc(C(C)(C)C)cc4)c4cc(N(c5ccc(-c6ccccc6)cc5)c5ccc(-c6ccccc6)cc5)cc(c43)-c3c2ccc2c3-c3ccccc3C2(C)C)cc1. The van der Waals surface area contributed by atoms with Crippen LogP contribution in [-0.2, 0) is 21.7 Å².